The van der Waals surface area contributed by atoms with Crippen LogP contribution in [0.25, 0.3) is 22.3 Å². The second kappa shape index (κ2) is 13.3. The van der Waals surface area contributed by atoms with Gasteiger partial charge in [0.25, 0.3) is 0 Å². The van der Waals surface area contributed by atoms with Crippen molar-refractivity contribution < 1.29 is 0 Å². The predicted molar refractivity (Wildman–Crippen MR) is 205 cm³/mol. The predicted octanol–water partition coefficient (Wildman–Crippen LogP) is 12.7. The van der Waals surface area contributed by atoms with Crippen molar-refractivity contribution in [3.63, 3.8) is 0 Å². The zero-order valence-corrected chi connectivity index (χ0v) is 33.5. The number of hydrogen-bond acceptors (Lipinski definition) is 0. The SMILES string of the molecule is C[CH2][Ge]1([CH2]C)[C](Br)=C(c2ccccc2)C(c2ccccc2)=[C]1[C]1=C(c2ccccc2)C(c2ccccc2)=[C](Br)[Ge]1([CH2]C)[CH2]C. The maximum atomic E-state index is 4.44. The summed E-state index contributed by atoms with van der Waals surface area (Å²) in [6, 6.07) is 45.0. The molecule has 4 heteroatoms. The van der Waals surface area contributed by atoms with E-state index in [4.69, 9.17) is 0 Å². The van der Waals surface area contributed by atoms with E-state index in [1.54, 1.807) is 8.81 Å². The molecule has 2 aliphatic heterocycles. The summed E-state index contributed by atoms with van der Waals surface area (Å²) in [6.07, 6.45) is 0. The van der Waals surface area contributed by atoms with Gasteiger partial charge in [-0.2, -0.15) is 0 Å². The quantitative estimate of drug-likeness (QED) is 0.148. The summed E-state index contributed by atoms with van der Waals surface area (Å²) in [7, 11) is 0. The Bertz CT molecular complexity index is 1640. The summed E-state index contributed by atoms with van der Waals surface area (Å²) in [5, 5.41) is 4.87. The molecule has 0 spiro atoms. The Hall–Kier alpha value is -2.11. The van der Waals surface area contributed by atoms with Crippen molar-refractivity contribution in [1.82, 2.24) is 0 Å². The molecular formula is C40H40Br2Ge2. The third-order valence-corrected chi connectivity index (χ3v) is 40.8. The molecule has 0 saturated carbocycles. The number of halogens is 2. The van der Waals surface area contributed by atoms with Gasteiger partial charge in [-0.15, -0.1) is 0 Å². The van der Waals surface area contributed by atoms with Crippen molar-refractivity contribution in [2.75, 3.05) is 0 Å². The maximum absolute atomic E-state index is 4.44. The van der Waals surface area contributed by atoms with Crippen LogP contribution < -0.4 is 0 Å². The van der Waals surface area contributed by atoms with Gasteiger partial charge >= 0.3 is 288 Å². The molecule has 2 aliphatic rings. The number of benzene rings is 4. The third-order valence-electron chi connectivity index (χ3n) is 10.2. The molecule has 0 aliphatic carbocycles. The normalized spacial score (nSPS) is 17.7. The first kappa shape index (κ1) is 31.9. The summed E-state index contributed by atoms with van der Waals surface area (Å²) in [4.78, 5) is 0. The van der Waals surface area contributed by atoms with E-state index in [2.05, 4.69) is 181 Å². The summed E-state index contributed by atoms with van der Waals surface area (Å²) >= 11 is 3.01. The summed E-state index contributed by atoms with van der Waals surface area (Å²) in [5.74, 6) is 0. The minimum atomic E-state index is -2.94. The average Bonchev–Trinajstić information content (AvgIpc) is 3.50. The molecule has 4 aromatic rings. The Labute approximate surface area is 286 Å². The van der Waals surface area contributed by atoms with E-state index in [0.29, 0.717) is 0 Å². The molecule has 0 nitrogen and oxygen atoms in total. The van der Waals surface area contributed by atoms with Gasteiger partial charge < -0.3 is 0 Å². The molecule has 0 fully saturated rings. The molecular weight excluding hydrogens is 785 g/mol. The van der Waals surface area contributed by atoms with E-state index >= 15 is 0 Å². The van der Waals surface area contributed by atoms with Crippen LogP contribution >= 0.6 is 31.9 Å². The summed E-state index contributed by atoms with van der Waals surface area (Å²) in [5.41, 5.74) is 11.2. The Morgan fingerprint density at radius 2 is 0.591 bits per heavy atom. The number of rotatable bonds is 9. The first-order valence-corrected chi connectivity index (χ1v) is 27.7. The molecule has 0 aromatic heterocycles. The van der Waals surface area contributed by atoms with Gasteiger partial charge in [0.1, 0.15) is 0 Å². The van der Waals surface area contributed by atoms with Gasteiger partial charge in [0.05, 0.1) is 0 Å². The van der Waals surface area contributed by atoms with Crippen LogP contribution in [0.4, 0.5) is 0 Å². The van der Waals surface area contributed by atoms with Crippen LogP contribution in [-0.2, 0) is 0 Å². The topological polar surface area (TPSA) is 0 Å². The van der Waals surface area contributed by atoms with Crippen LogP contribution in [0.2, 0.25) is 21.0 Å². The van der Waals surface area contributed by atoms with Crippen LogP contribution in [-0.4, -0.2) is 26.5 Å². The van der Waals surface area contributed by atoms with E-state index in [1.165, 1.54) is 72.2 Å². The van der Waals surface area contributed by atoms with Gasteiger partial charge in [-0.05, 0) is 0 Å². The van der Waals surface area contributed by atoms with Gasteiger partial charge in [-0.25, -0.2) is 0 Å². The fourth-order valence-corrected chi connectivity index (χ4v) is 39.1. The molecule has 222 valence electrons. The summed E-state index contributed by atoms with van der Waals surface area (Å²) < 4.78 is 6.54. The number of hydrogen-bond donors (Lipinski definition) is 0. The van der Waals surface area contributed by atoms with Crippen molar-refractivity contribution in [2.45, 2.75) is 48.7 Å². The third kappa shape index (κ3) is 4.99. The molecule has 2 heterocycles. The van der Waals surface area contributed by atoms with Gasteiger partial charge in [0, 0.05) is 0 Å². The van der Waals surface area contributed by atoms with Gasteiger partial charge in [0.2, 0.25) is 0 Å². The zero-order chi connectivity index (χ0) is 30.9. The standard InChI is InChI=1S/C40H40Br2Ge2/c1-5-43(6-2)37(33(29-21-13-9-14-22-29)35(39(43)41)31-25-17-11-18-26-31)38-34(30-23-15-10-16-24-30)36(32-27-19-12-20-28-32)40(42)44(38,7-3)8-4/h9-28H,5-8H2,1-4H3. The van der Waals surface area contributed by atoms with E-state index < -0.39 is 26.5 Å². The van der Waals surface area contributed by atoms with Crippen molar-refractivity contribution >= 4 is 80.7 Å². The molecule has 0 saturated heterocycles. The minimum absolute atomic E-state index is 1.22. The number of allylic oxidation sites excluding steroid dienone is 6. The van der Waals surface area contributed by atoms with Gasteiger partial charge in [-0.3, -0.25) is 0 Å². The Morgan fingerprint density at radius 3 is 0.818 bits per heavy atom. The molecule has 4 aromatic carbocycles. The van der Waals surface area contributed by atoms with Crippen LogP contribution in [0.1, 0.15) is 49.9 Å². The first-order valence-electron chi connectivity index (χ1n) is 16.0. The van der Waals surface area contributed by atoms with Crippen LogP contribution in [0.3, 0.4) is 0 Å². The Morgan fingerprint density at radius 1 is 0.364 bits per heavy atom. The van der Waals surface area contributed by atoms with E-state index in [0.717, 1.165) is 0 Å². The fourth-order valence-electron chi connectivity index (χ4n) is 7.74. The van der Waals surface area contributed by atoms with Crippen molar-refractivity contribution in [1.29, 1.82) is 0 Å². The van der Waals surface area contributed by atoms with Crippen LogP contribution in [0.5, 0.6) is 0 Å². The van der Waals surface area contributed by atoms with Crippen LogP contribution in [0, 0.1) is 0 Å². The fraction of sp³-hybridized carbons (Fsp3) is 0.200. The van der Waals surface area contributed by atoms with Crippen molar-refractivity contribution in [2.24, 2.45) is 0 Å². The Kier molecular flexibility index (Phi) is 9.64. The monoisotopic (exact) mass is 826 g/mol. The zero-order valence-electron chi connectivity index (χ0n) is 26.1. The molecule has 6 rings (SSSR count). The van der Waals surface area contributed by atoms with E-state index in [-0.39, 0.29) is 0 Å². The van der Waals surface area contributed by atoms with Crippen LogP contribution in [0.15, 0.2) is 137 Å². The van der Waals surface area contributed by atoms with Crippen molar-refractivity contribution in [3.05, 3.63) is 159 Å². The van der Waals surface area contributed by atoms with E-state index in [9.17, 15) is 0 Å². The molecule has 44 heavy (non-hydrogen) atoms. The molecule has 0 unspecified atom stereocenters. The Balaban J connectivity index is 1.85. The molecule has 0 amide bonds. The van der Waals surface area contributed by atoms with Gasteiger partial charge in [0.15, 0.2) is 0 Å². The second-order valence-corrected chi connectivity index (χ2v) is 35.8. The molecule has 0 atom stereocenters. The summed E-state index contributed by atoms with van der Waals surface area (Å²) in [6.45, 7) is 9.91. The molecule has 0 bridgehead atoms. The average molecular weight is 826 g/mol. The van der Waals surface area contributed by atoms with Gasteiger partial charge in [-0.1, -0.05) is 0 Å². The van der Waals surface area contributed by atoms with Crippen molar-refractivity contribution in [3.8, 4) is 0 Å². The molecule has 0 radical (unpaired) electrons. The second-order valence-electron chi connectivity index (χ2n) is 11.9. The first-order chi connectivity index (χ1) is 21.5. The molecule has 0 N–H and O–H groups in total. The van der Waals surface area contributed by atoms with E-state index in [1.807, 2.05) is 0 Å².